The van der Waals surface area contributed by atoms with Gasteiger partial charge in [-0.3, -0.25) is 4.79 Å². The molecule has 2 fully saturated rings. The normalized spacial score (nSPS) is 44.5. The Balaban J connectivity index is 1.96. The van der Waals surface area contributed by atoms with E-state index in [0.29, 0.717) is 29.1 Å². The Labute approximate surface area is 116 Å². The van der Waals surface area contributed by atoms with Crippen LogP contribution < -0.4 is 0 Å². The third-order valence-electron chi connectivity index (χ3n) is 6.47. The van der Waals surface area contributed by atoms with Gasteiger partial charge in [0.15, 0.2) is 5.78 Å². The molecule has 3 aliphatic rings. The van der Waals surface area contributed by atoms with E-state index < -0.39 is 0 Å². The van der Waals surface area contributed by atoms with Gasteiger partial charge in [0.05, 0.1) is 6.10 Å². The molecule has 0 unspecified atom stereocenters. The van der Waals surface area contributed by atoms with Crippen LogP contribution in [0.5, 0.6) is 0 Å². The van der Waals surface area contributed by atoms with Crippen LogP contribution in [0.4, 0.5) is 0 Å². The summed E-state index contributed by atoms with van der Waals surface area (Å²) in [5.74, 6) is 1.54. The highest BCUT2D eigenvalue weighted by molar-refractivity contribution is 5.93. The van der Waals surface area contributed by atoms with Crippen molar-refractivity contribution in [1.82, 2.24) is 0 Å². The summed E-state index contributed by atoms with van der Waals surface area (Å²) in [5.41, 5.74) is 1.96. The molecule has 0 radical (unpaired) electrons. The summed E-state index contributed by atoms with van der Waals surface area (Å²) < 4.78 is 5.75. The average molecular weight is 262 g/mol. The molecule has 0 aromatic heterocycles. The Morgan fingerprint density at radius 3 is 2.68 bits per heavy atom. The lowest BCUT2D eigenvalue weighted by molar-refractivity contribution is -0.138. The molecule has 0 aromatic carbocycles. The Kier molecular flexibility index (Phi) is 2.94. The molecule has 0 bridgehead atoms. The Morgan fingerprint density at radius 2 is 2.00 bits per heavy atom. The summed E-state index contributed by atoms with van der Waals surface area (Å²) >= 11 is 0. The van der Waals surface area contributed by atoms with Gasteiger partial charge in [0.1, 0.15) is 0 Å². The van der Waals surface area contributed by atoms with Crippen molar-refractivity contribution >= 4 is 5.78 Å². The summed E-state index contributed by atoms with van der Waals surface area (Å²) in [7, 11) is 1.85. The van der Waals surface area contributed by atoms with Crippen molar-refractivity contribution < 1.29 is 9.53 Å². The van der Waals surface area contributed by atoms with E-state index >= 15 is 0 Å². The van der Waals surface area contributed by atoms with E-state index in [1.165, 1.54) is 18.4 Å². The van der Waals surface area contributed by atoms with Gasteiger partial charge in [-0.25, -0.2) is 0 Å². The molecule has 0 amide bonds. The fourth-order valence-corrected chi connectivity index (χ4v) is 5.52. The van der Waals surface area contributed by atoms with Crippen molar-refractivity contribution in [1.29, 1.82) is 0 Å². The van der Waals surface area contributed by atoms with E-state index in [-0.39, 0.29) is 5.41 Å². The summed E-state index contributed by atoms with van der Waals surface area (Å²) in [6, 6.07) is 0. The lowest BCUT2D eigenvalue weighted by Crippen LogP contribution is -2.54. The molecule has 0 spiro atoms. The molecular weight excluding hydrogens is 236 g/mol. The second-order valence-electron chi connectivity index (χ2n) is 7.62. The topological polar surface area (TPSA) is 26.3 Å². The number of allylic oxidation sites excluding steroid dienone is 2. The monoisotopic (exact) mass is 262 g/mol. The summed E-state index contributed by atoms with van der Waals surface area (Å²) in [6.45, 7) is 7.17. The molecule has 0 aromatic rings. The van der Waals surface area contributed by atoms with Gasteiger partial charge in [-0.1, -0.05) is 26.3 Å². The maximum absolute atomic E-state index is 11.8. The average Bonchev–Trinajstić information content (AvgIpc) is 2.71. The SMILES string of the molecule is CO[C@H]1CC[C@]2(C)[C@@H]3CC(=O)C=C3CC[C@H]2C1(C)C. The molecule has 4 atom stereocenters. The number of ether oxygens (including phenoxy) is 1. The van der Waals surface area contributed by atoms with Crippen LogP contribution in [0.1, 0.15) is 52.9 Å². The molecule has 0 aliphatic heterocycles. The second kappa shape index (κ2) is 4.18. The van der Waals surface area contributed by atoms with E-state index in [9.17, 15) is 4.79 Å². The largest absolute Gasteiger partial charge is 0.381 e. The number of ketones is 1. The maximum atomic E-state index is 11.8. The molecule has 3 aliphatic carbocycles. The number of carbonyl (C=O) groups excluding carboxylic acids is 1. The number of hydrogen-bond acceptors (Lipinski definition) is 2. The number of rotatable bonds is 1. The lowest BCUT2D eigenvalue weighted by Gasteiger charge is -2.59. The maximum Gasteiger partial charge on any atom is 0.156 e. The zero-order chi connectivity index (χ0) is 13.8. The molecule has 19 heavy (non-hydrogen) atoms. The first-order valence-electron chi connectivity index (χ1n) is 7.65. The van der Waals surface area contributed by atoms with E-state index in [1.54, 1.807) is 0 Å². The number of hydrogen-bond donors (Lipinski definition) is 0. The first-order valence-corrected chi connectivity index (χ1v) is 7.65. The van der Waals surface area contributed by atoms with Crippen LogP contribution in [0.25, 0.3) is 0 Å². The Morgan fingerprint density at radius 1 is 1.26 bits per heavy atom. The first kappa shape index (κ1) is 13.4. The molecule has 106 valence electrons. The van der Waals surface area contributed by atoms with Gasteiger partial charge in [-0.2, -0.15) is 0 Å². The smallest absolute Gasteiger partial charge is 0.156 e. The van der Waals surface area contributed by atoms with Crippen molar-refractivity contribution in [3.05, 3.63) is 11.6 Å². The van der Waals surface area contributed by atoms with Gasteiger partial charge in [0.25, 0.3) is 0 Å². The molecule has 2 saturated carbocycles. The molecule has 0 N–H and O–H groups in total. The zero-order valence-corrected chi connectivity index (χ0v) is 12.7. The third-order valence-corrected chi connectivity index (χ3v) is 6.47. The van der Waals surface area contributed by atoms with Gasteiger partial charge in [0, 0.05) is 13.5 Å². The van der Waals surface area contributed by atoms with Gasteiger partial charge < -0.3 is 4.74 Å². The van der Waals surface area contributed by atoms with Crippen LogP contribution in [0.3, 0.4) is 0 Å². The van der Waals surface area contributed by atoms with E-state index in [2.05, 4.69) is 20.8 Å². The molecule has 2 heteroatoms. The van der Waals surface area contributed by atoms with E-state index in [1.807, 2.05) is 13.2 Å². The predicted octanol–water partition coefficient (Wildman–Crippen LogP) is 3.75. The molecule has 3 rings (SSSR count). The van der Waals surface area contributed by atoms with Gasteiger partial charge in [-0.15, -0.1) is 0 Å². The lowest BCUT2D eigenvalue weighted by atomic mass is 9.47. The standard InChI is InChI=1S/C17H26O2/c1-16(2)14-6-5-11-9-12(18)10-13(11)17(14,3)8-7-15(16)19-4/h9,13-15H,5-8,10H2,1-4H3/t13-,14+,15+,17-/m1/s1. The number of methoxy groups -OCH3 is 1. The van der Waals surface area contributed by atoms with Crippen molar-refractivity contribution in [3.63, 3.8) is 0 Å². The minimum atomic E-state index is 0.221. The van der Waals surface area contributed by atoms with Crippen LogP contribution in [-0.4, -0.2) is 19.0 Å². The fourth-order valence-electron chi connectivity index (χ4n) is 5.52. The highest BCUT2D eigenvalue weighted by Crippen LogP contribution is 2.63. The van der Waals surface area contributed by atoms with E-state index in [4.69, 9.17) is 4.74 Å². The van der Waals surface area contributed by atoms with Gasteiger partial charge >= 0.3 is 0 Å². The highest BCUT2D eigenvalue weighted by atomic mass is 16.5. The van der Waals surface area contributed by atoms with E-state index in [0.717, 1.165) is 19.3 Å². The first-order chi connectivity index (χ1) is 8.89. The van der Waals surface area contributed by atoms with Crippen molar-refractivity contribution in [2.24, 2.45) is 22.7 Å². The van der Waals surface area contributed by atoms with Crippen LogP contribution in [0.15, 0.2) is 11.6 Å². The number of fused-ring (bicyclic) bond motifs is 3. The Bertz CT molecular complexity index is 435. The second-order valence-corrected chi connectivity index (χ2v) is 7.62. The van der Waals surface area contributed by atoms with Crippen molar-refractivity contribution in [2.45, 2.75) is 59.0 Å². The number of carbonyl (C=O) groups is 1. The third kappa shape index (κ3) is 1.75. The summed E-state index contributed by atoms with van der Waals surface area (Å²) in [5, 5.41) is 0. The van der Waals surface area contributed by atoms with Crippen molar-refractivity contribution in [3.8, 4) is 0 Å². The fraction of sp³-hybridized carbons (Fsp3) is 0.824. The van der Waals surface area contributed by atoms with Crippen LogP contribution >= 0.6 is 0 Å². The Hall–Kier alpha value is -0.630. The summed E-state index contributed by atoms with van der Waals surface area (Å²) in [4.78, 5) is 11.8. The minimum absolute atomic E-state index is 0.221. The molecule has 0 heterocycles. The quantitative estimate of drug-likeness (QED) is 0.719. The van der Waals surface area contributed by atoms with Crippen molar-refractivity contribution in [2.75, 3.05) is 7.11 Å². The minimum Gasteiger partial charge on any atom is -0.381 e. The van der Waals surface area contributed by atoms with Gasteiger partial charge in [0.2, 0.25) is 0 Å². The summed E-state index contributed by atoms with van der Waals surface area (Å²) in [6.07, 6.45) is 7.75. The molecular formula is C17H26O2. The van der Waals surface area contributed by atoms with Gasteiger partial charge in [-0.05, 0) is 54.4 Å². The zero-order valence-electron chi connectivity index (χ0n) is 12.7. The van der Waals surface area contributed by atoms with Crippen LogP contribution in [0, 0.1) is 22.7 Å². The highest BCUT2D eigenvalue weighted by Gasteiger charge is 2.57. The van der Waals surface area contributed by atoms with Crippen LogP contribution in [-0.2, 0) is 9.53 Å². The van der Waals surface area contributed by atoms with Crippen LogP contribution in [0.2, 0.25) is 0 Å². The predicted molar refractivity (Wildman–Crippen MR) is 75.8 cm³/mol. The molecule has 0 saturated heterocycles. The molecule has 2 nitrogen and oxygen atoms in total.